The summed E-state index contributed by atoms with van der Waals surface area (Å²) in [5, 5.41) is 0.491. The van der Waals surface area contributed by atoms with Crippen LogP contribution in [-0.2, 0) is 10.9 Å². The Hall–Kier alpha value is 0.270. The molecule has 2 bridgehead atoms. The molecule has 4 N–H and O–H groups in total. The zero-order chi connectivity index (χ0) is 7.14. The van der Waals surface area contributed by atoms with Crippen molar-refractivity contribution in [1.82, 2.24) is 0 Å². The van der Waals surface area contributed by atoms with Crippen molar-refractivity contribution in [1.29, 1.82) is 0 Å². The molecule has 0 aromatic rings. The fraction of sp³-hybridized carbons (Fsp3) is 1.00. The molecule has 2 aliphatic rings. The first kappa shape index (κ1) is 6.95. The van der Waals surface area contributed by atoms with Crippen LogP contribution in [-0.4, -0.2) is 22.9 Å². The van der Waals surface area contributed by atoms with Crippen molar-refractivity contribution in [3.63, 3.8) is 0 Å². The van der Waals surface area contributed by atoms with Crippen molar-refractivity contribution in [3.05, 3.63) is 0 Å². The molecule has 0 aromatic carbocycles. The van der Waals surface area contributed by atoms with E-state index in [4.69, 9.17) is 11.5 Å². The summed E-state index contributed by atoms with van der Waals surface area (Å²) in [5.41, 5.74) is 11.9. The molecule has 58 valence electrons. The predicted molar refractivity (Wildman–Crippen MR) is 45.8 cm³/mol. The molecule has 0 aromatic heterocycles. The van der Waals surface area contributed by atoms with Gasteiger partial charge in [-0.05, 0) is 6.42 Å². The highest BCUT2D eigenvalue weighted by Crippen LogP contribution is 2.32. The van der Waals surface area contributed by atoms with Crippen LogP contribution in [0.3, 0.4) is 0 Å². The lowest BCUT2D eigenvalue weighted by atomic mass is 9.99. The van der Waals surface area contributed by atoms with Gasteiger partial charge in [-0.25, -0.2) is 0 Å². The zero-order valence-corrected chi connectivity index (χ0v) is 6.94. The van der Waals surface area contributed by atoms with Crippen LogP contribution in [0.2, 0.25) is 0 Å². The summed E-state index contributed by atoms with van der Waals surface area (Å²) in [6, 6.07) is 0.483. The van der Waals surface area contributed by atoms with Gasteiger partial charge in [0.2, 0.25) is 0 Å². The number of fused-ring (bicyclic) bond motifs is 2. The lowest BCUT2D eigenvalue weighted by Gasteiger charge is -2.17. The summed E-state index contributed by atoms with van der Waals surface area (Å²) < 4.78 is 0. The summed E-state index contributed by atoms with van der Waals surface area (Å²) in [5.74, 6) is 3.37. The Bertz CT molecular complexity index is 138. The average molecular weight is 159 g/mol. The molecule has 0 spiro atoms. The van der Waals surface area contributed by atoms with Crippen LogP contribution in [0, 0.1) is 5.92 Å². The second-order valence-electron chi connectivity index (χ2n) is 3.41. The molecule has 2 fully saturated rings. The number of hydrogen-bond donors (Lipinski definition) is 2. The molecule has 4 atom stereocenters. The number of nitrogens with two attached hydrogens (primary N) is 2. The minimum Gasteiger partial charge on any atom is -0.323 e. The predicted octanol–water partition coefficient (Wildman–Crippen LogP) is -0.360. The fourth-order valence-corrected chi connectivity index (χ4v) is 4.77. The van der Waals surface area contributed by atoms with Gasteiger partial charge >= 0.3 is 0 Å². The highest BCUT2D eigenvalue weighted by atomic mass is 32.2. The first-order valence-corrected chi connectivity index (χ1v) is 5.57. The average Bonchev–Trinajstić information content (AvgIpc) is 2.21. The minimum atomic E-state index is 0.483. The minimum absolute atomic E-state index is 0.483. The van der Waals surface area contributed by atoms with Gasteiger partial charge in [-0.15, -0.1) is 0 Å². The van der Waals surface area contributed by atoms with Gasteiger partial charge in [-0.3, -0.25) is 5.73 Å². The topological polar surface area (TPSA) is 52.0 Å². The van der Waals surface area contributed by atoms with Crippen molar-refractivity contribution >= 4 is 10.9 Å². The fourth-order valence-electron chi connectivity index (χ4n) is 1.94. The van der Waals surface area contributed by atoms with Gasteiger partial charge in [-0.1, -0.05) is 0 Å². The van der Waals surface area contributed by atoms with Gasteiger partial charge in [-0.2, -0.15) is 0 Å². The Morgan fingerprint density at radius 3 is 2.60 bits per heavy atom. The van der Waals surface area contributed by atoms with Crippen LogP contribution in [0.15, 0.2) is 0 Å². The molecular weight excluding hydrogens is 144 g/mol. The third kappa shape index (κ3) is 0.966. The Labute approximate surface area is 64.7 Å². The largest absolute Gasteiger partial charge is 0.323 e. The molecule has 0 radical (unpaired) electrons. The van der Waals surface area contributed by atoms with E-state index in [1.54, 1.807) is 0 Å². The first-order chi connectivity index (χ1) is 4.77. The van der Waals surface area contributed by atoms with E-state index in [9.17, 15) is 0 Å². The van der Waals surface area contributed by atoms with Crippen LogP contribution in [0.4, 0.5) is 0 Å². The molecule has 0 saturated carbocycles. The number of hydrogen-bond acceptors (Lipinski definition) is 2. The SMILES string of the molecule is NC1C[S+]2CC1CCC2N. The van der Waals surface area contributed by atoms with Crippen molar-refractivity contribution in [3.8, 4) is 0 Å². The summed E-state index contributed by atoms with van der Waals surface area (Å²) in [6.07, 6.45) is 2.51. The molecule has 2 heterocycles. The van der Waals surface area contributed by atoms with Gasteiger partial charge in [0, 0.05) is 23.2 Å². The molecule has 4 unspecified atom stereocenters. The molecule has 0 aliphatic carbocycles. The monoisotopic (exact) mass is 159 g/mol. The van der Waals surface area contributed by atoms with Gasteiger partial charge < -0.3 is 5.73 Å². The zero-order valence-electron chi connectivity index (χ0n) is 6.12. The van der Waals surface area contributed by atoms with Crippen molar-refractivity contribution in [2.75, 3.05) is 11.5 Å². The highest BCUT2D eigenvalue weighted by molar-refractivity contribution is 7.97. The Morgan fingerprint density at radius 1 is 1.10 bits per heavy atom. The van der Waals surface area contributed by atoms with E-state index in [1.807, 2.05) is 0 Å². The van der Waals surface area contributed by atoms with Gasteiger partial charge in [0.05, 0.1) is 6.04 Å². The molecule has 2 aliphatic heterocycles. The quantitative estimate of drug-likeness (QED) is 0.474. The van der Waals surface area contributed by atoms with E-state index in [0.29, 0.717) is 22.3 Å². The Kier molecular flexibility index (Phi) is 1.66. The smallest absolute Gasteiger partial charge is 0.167 e. The maximum Gasteiger partial charge on any atom is 0.167 e. The van der Waals surface area contributed by atoms with Crippen LogP contribution < -0.4 is 11.5 Å². The van der Waals surface area contributed by atoms with Crippen LogP contribution in [0.1, 0.15) is 12.8 Å². The first-order valence-electron chi connectivity index (χ1n) is 3.95. The normalized spacial score (nSPS) is 53.4. The second-order valence-corrected chi connectivity index (χ2v) is 5.76. The van der Waals surface area contributed by atoms with E-state index in [1.165, 1.54) is 24.3 Å². The second kappa shape index (κ2) is 2.40. The maximum atomic E-state index is 5.94. The van der Waals surface area contributed by atoms with Crippen LogP contribution in [0.5, 0.6) is 0 Å². The summed E-state index contributed by atoms with van der Waals surface area (Å²) in [6.45, 7) is 0. The lowest BCUT2D eigenvalue weighted by molar-refractivity contribution is 0.457. The van der Waals surface area contributed by atoms with Crippen LogP contribution in [0.25, 0.3) is 0 Å². The Morgan fingerprint density at radius 2 is 1.90 bits per heavy atom. The third-order valence-electron chi connectivity index (χ3n) is 2.69. The molecule has 2 rings (SSSR count). The van der Waals surface area contributed by atoms with E-state index in [-0.39, 0.29) is 0 Å². The van der Waals surface area contributed by atoms with E-state index >= 15 is 0 Å². The van der Waals surface area contributed by atoms with E-state index < -0.39 is 0 Å². The molecule has 2 saturated heterocycles. The Balaban J connectivity index is 2.08. The van der Waals surface area contributed by atoms with E-state index in [2.05, 4.69) is 0 Å². The summed E-state index contributed by atoms with van der Waals surface area (Å²) >= 11 is 0. The van der Waals surface area contributed by atoms with E-state index in [0.717, 1.165) is 5.92 Å². The third-order valence-corrected chi connectivity index (χ3v) is 5.45. The molecular formula is C7H15N2S+. The van der Waals surface area contributed by atoms with Crippen LogP contribution >= 0.6 is 0 Å². The number of rotatable bonds is 0. The lowest BCUT2D eigenvalue weighted by Crippen LogP contribution is -2.35. The molecule has 10 heavy (non-hydrogen) atoms. The van der Waals surface area contributed by atoms with Gasteiger partial charge in [0.15, 0.2) is 5.37 Å². The van der Waals surface area contributed by atoms with Crippen molar-refractivity contribution < 1.29 is 0 Å². The molecule has 2 nitrogen and oxygen atoms in total. The highest BCUT2D eigenvalue weighted by Gasteiger charge is 2.46. The molecule has 3 heteroatoms. The summed E-state index contributed by atoms with van der Waals surface area (Å²) in [4.78, 5) is 0. The van der Waals surface area contributed by atoms with Gasteiger partial charge in [0.25, 0.3) is 0 Å². The van der Waals surface area contributed by atoms with Crippen molar-refractivity contribution in [2.24, 2.45) is 17.4 Å². The summed E-state index contributed by atoms with van der Waals surface area (Å²) in [7, 11) is 0.500. The van der Waals surface area contributed by atoms with Crippen molar-refractivity contribution in [2.45, 2.75) is 24.3 Å². The maximum absolute atomic E-state index is 5.94. The van der Waals surface area contributed by atoms with Gasteiger partial charge in [0.1, 0.15) is 11.5 Å². The molecule has 0 amide bonds. The standard InChI is InChI=1S/C7H15N2S/c8-6-4-10-3-5(6)1-2-7(10)9/h5-7H,1-4,8-9H2/q+1.